The van der Waals surface area contributed by atoms with Crippen molar-refractivity contribution in [2.45, 2.75) is 19.0 Å². The molecule has 1 atom stereocenters. The topological polar surface area (TPSA) is 121 Å². The first-order chi connectivity index (χ1) is 17.4. The number of imide groups is 1. The number of rotatable bonds is 5. The number of nitrogens with one attached hydrogen (secondary N) is 3. The molecule has 3 heterocycles. The third-order valence-corrected chi connectivity index (χ3v) is 6.84. The van der Waals surface area contributed by atoms with Gasteiger partial charge in [-0.3, -0.25) is 10.1 Å². The van der Waals surface area contributed by atoms with Crippen molar-refractivity contribution in [2.75, 3.05) is 7.11 Å². The van der Waals surface area contributed by atoms with Gasteiger partial charge in [-0.15, -0.1) is 0 Å². The Morgan fingerprint density at radius 1 is 1.06 bits per heavy atom. The number of aryl methyl sites for hydroxylation is 1. The molecule has 1 saturated heterocycles. The molecule has 4 N–H and O–H groups in total. The number of aromatic hydroxyl groups is 1. The smallest absolute Gasteiger partial charge is 0.322 e. The summed E-state index contributed by atoms with van der Waals surface area (Å²) in [7, 11) is 1.56. The lowest BCUT2D eigenvalue weighted by atomic mass is 9.88. The van der Waals surface area contributed by atoms with Crippen LogP contribution in [0.15, 0.2) is 67.1 Å². The lowest BCUT2D eigenvalue weighted by molar-refractivity contribution is -0.124. The highest BCUT2D eigenvalue weighted by molar-refractivity contribution is 6.07. The van der Waals surface area contributed by atoms with E-state index >= 15 is 0 Å². The molecular weight excluding hydrogens is 458 g/mol. The van der Waals surface area contributed by atoms with Gasteiger partial charge in [0.1, 0.15) is 5.75 Å². The van der Waals surface area contributed by atoms with Crippen LogP contribution in [0.1, 0.15) is 11.1 Å². The second-order valence-corrected chi connectivity index (χ2v) is 9.02. The molecule has 0 spiro atoms. The van der Waals surface area contributed by atoms with E-state index in [0.29, 0.717) is 16.7 Å². The predicted octanol–water partition coefficient (Wildman–Crippen LogP) is 3.94. The summed E-state index contributed by atoms with van der Waals surface area (Å²) < 4.78 is 6.84. The zero-order valence-electron chi connectivity index (χ0n) is 19.6. The highest BCUT2D eigenvalue weighted by Gasteiger charge is 2.48. The molecular formula is C27H23N5O4. The molecule has 180 valence electrons. The number of aromatic amines is 1. The van der Waals surface area contributed by atoms with Crippen molar-refractivity contribution < 1.29 is 19.4 Å². The van der Waals surface area contributed by atoms with Crippen LogP contribution in [0, 0.1) is 6.92 Å². The molecule has 3 amide bonds. The van der Waals surface area contributed by atoms with E-state index in [0.717, 1.165) is 33.1 Å². The summed E-state index contributed by atoms with van der Waals surface area (Å²) in [6.07, 6.45) is 3.42. The van der Waals surface area contributed by atoms with Gasteiger partial charge in [0.25, 0.3) is 5.91 Å². The number of benzene rings is 3. The Labute approximate surface area is 205 Å². The number of nitrogens with zero attached hydrogens (tertiary/aromatic N) is 2. The third-order valence-electron chi connectivity index (χ3n) is 6.84. The third kappa shape index (κ3) is 3.28. The molecule has 1 aliphatic rings. The molecule has 5 aromatic rings. The maximum absolute atomic E-state index is 13.1. The van der Waals surface area contributed by atoms with E-state index in [1.807, 2.05) is 43.3 Å². The Bertz CT molecular complexity index is 1670. The number of aromatic nitrogens is 3. The van der Waals surface area contributed by atoms with E-state index in [-0.39, 0.29) is 12.4 Å². The number of carbonyl (C=O) groups is 2. The van der Waals surface area contributed by atoms with E-state index < -0.39 is 17.5 Å². The van der Waals surface area contributed by atoms with Gasteiger partial charge < -0.3 is 24.7 Å². The SMILES string of the molecule is COc1ccc2cn(C[C@@]3(c4ccc(-c5cc(C)c6nc[nH]c6c5)cc4)NC(=O)NC3=O)c(O)c2c1. The Morgan fingerprint density at radius 2 is 1.86 bits per heavy atom. The van der Waals surface area contributed by atoms with Crippen LogP contribution in [-0.4, -0.2) is 38.7 Å². The van der Waals surface area contributed by atoms with Crippen molar-refractivity contribution in [3.05, 3.63) is 78.2 Å². The highest BCUT2D eigenvalue weighted by Crippen LogP contribution is 2.36. The first kappa shape index (κ1) is 21.7. The average Bonchev–Trinajstić information content (AvgIpc) is 3.56. The fourth-order valence-corrected chi connectivity index (χ4v) is 4.97. The molecule has 1 aliphatic heterocycles. The molecule has 2 aromatic heterocycles. The lowest BCUT2D eigenvalue weighted by Gasteiger charge is -2.27. The van der Waals surface area contributed by atoms with Crippen LogP contribution in [0.2, 0.25) is 0 Å². The number of urea groups is 1. The highest BCUT2D eigenvalue weighted by atomic mass is 16.5. The number of carbonyl (C=O) groups excluding carboxylic acids is 2. The van der Waals surface area contributed by atoms with Gasteiger partial charge in [0, 0.05) is 17.0 Å². The Hall–Kier alpha value is -4.79. The number of H-pyrrole nitrogens is 1. The zero-order valence-corrected chi connectivity index (χ0v) is 19.6. The van der Waals surface area contributed by atoms with Crippen molar-refractivity contribution in [1.29, 1.82) is 0 Å². The summed E-state index contributed by atoms with van der Waals surface area (Å²) in [4.78, 5) is 32.9. The standard InChI is InChI=1S/C27H23N5O4/c1-15-9-18(10-22-23(15)29-14-28-22)16-3-6-19(7-4-16)27(25(34)30-26(35)31-27)13-32-12-17-5-8-20(36-2)11-21(17)24(32)33/h3-12,14,33H,13H2,1-2H3,(H,28,29)(H2,30,31,34,35)/t27-/m0/s1. The number of imidazole rings is 1. The second-order valence-electron chi connectivity index (χ2n) is 9.02. The van der Waals surface area contributed by atoms with Crippen molar-refractivity contribution in [2.24, 2.45) is 0 Å². The van der Waals surface area contributed by atoms with Gasteiger partial charge in [0.2, 0.25) is 0 Å². The number of hydrogen-bond donors (Lipinski definition) is 4. The molecule has 0 saturated carbocycles. The summed E-state index contributed by atoms with van der Waals surface area (Å²) in [5, 5.41) is 17.5. The van der Waals surface area contributed by atoms with E-state index in [1.54, 1.807) is 36.3 Å². The number of amides is 3. The molecule has 0 unspecified atom stereocenters. The van der Waals surface area contributed by atoms with Gasteiger partial charge in [0.15, 0.2) is 11.4 Å². The van der Waals surface area contributed by atoms with E-state index in [4.69, 9.17) is 4.74 Å². The molecule has 3 aromatic carbocycles. The minimum atomic E-state index is -1.39. The first-order valence-electron chi connectivity index (χ1n) is 11.4. The maximum atomic E-state index is 13.1. The molecule has 9 nitrogen and oxygen atoms in total. The quantitative estimate of drug-likeness (QED) is 0.283. The van der Waals surface area contributed by atoms with Crippen molar-refractivity contribution in [3.8, 4) is 22.8 Å². The molecule has 0 aliphatic carbocycles. The predicted molar refractivity (Wildman–Crippen MR) is 135 cm³/mol. The maximum Gasteiger partial charge on any atom is 0.322 e. The molecule has 1 fully saturated rings. The zero-order chi connectivity index (χ0) is 25.0. The number of methoxy groups -OCH3 is 1. The lowest BCUT2D eigenvalue weighted by Crippen LogP contribution is -2.47. The monoisotopic (exact) mass is 481 g/mol. The van der Waals surface area contributed by atoms with Crippen molar-refractivity contribution >= 4 is 33.7 Å². The average molecular weight is 482 g/mol. The Morgan fingerprint density at radius 3 is 2.58 bits per heavy atom. The molecule has 0 radical (unpaired) electrons. The first-order valence-corrected chi connectivity index (χ1v) is 11.4. The van der Waals surface area contributed by atoms with Crippen molar-refractivity contribution in [1.82, 2.24) is 25.2 Å². The second kappa shape index (κ2) is 7.88. The van der Waals surface area contributed by atoms with Gasteiger partial charge in [-0.05, 0) is 59.5 Å². The van der Waals surface area contributed by atoms with E-state index in [9.17, 15) is 14.7 Å². The molecule has 6 rings (SSSR count). The van der Waals surface area contributed by atoms with Gasteiger partial charge >= 0.3 is 6.03 Å². The summed E-state index contributed by atoms with van der Waals surface area (Å²) in [5.74, 6) is 0.109. The number of ether oxygens (including phenoxy) is 1. The molecule has 9 heteroatoms. The van der Waals surface area contributed by atoms with Gasteiger partial charge in [-0.1, -0.05) is 24.3 Å². The van der Waals surface area contributed by atoms with Crippen LogP contribution in [0.3, 0.4) is 0 Å². The summed E-state index contributed by atoms with van der Waals surface area (Å²) in [6, 6.07) is 16.4. The van der Waals surface area contributed by atoms with Crippen LogP contribution in [0.5, 0.6) is 11.6 Å². The molecule has 0 bridgehead atoms. The van der Waals surface area contributed by atoms with Crippen LogP contribution >= 0.6 is 0 Å². The minimum absolute atomic E-state index is 0.00591. The minimum Gasteiger partial charge on any atom is -0.497 e. The van der Waals surface area contributed by atoms with Crippen LogP contribution in [0.25, 0.3) is 32.9 Å². The normalized spacial score (nSPS) is 17.5. The fourth-order valence-electron chi connectivity index (χ4n) is 4.97. The van der Waals surface area contributed by atoms with Crippen LogP contribution in [0.4, 0.5) is 4.79 Å². The van der Waals surface area contributed by atoms with E-state index in [2.05, 4.69) is 26.7 Å². The Balaban J connectivity index is 1.40. The number of fused-ring (bicyclic) bond motifs is 2. The summed E-state index contributed by atoms with van der Waals surface area (Å²) >= 11 is 0. The van der Waals surface area contributed by atoms with Gasteiger partial charge in [0.05, 0.1) is 31.0 Å². The summed E-state index contributed by atoms with van der Waals surface area (Å²) in [6.45, 7) is 2.02. The van der Waals surface area contributed by atoms with E-state index in [1.165, 1.54) is 0 Å². The van der Waals surface area contributed by atoms with Crippen LogP contribution < -0.4 is 15.4 Å². The van der Waals surface area contributed by atoms with Crippen LogP contribution in [-0.2, 0) is 16.9 Å². The number of hydrogen-bond acceptors (Lipinski definition) is 5. The largest absolute Gasteiger partial charge is 0.497 e. The van der Waals surface area contributed by atoms with Crippen molar-refractivity contribution in [3.63, 3.8) is 0 Å². The summed E-state index contributed by atoms with van der Waals surface area (Å²) in [5.41, 5.74) is 4.10. The fraction of sp³-hybridized carbons (Fsp3) is 0.148. The Kier molecular flexibility index (Phi) is 4.75. The van der Waals surface area contributed by atoms with Gasteiger partial charge in [-0.25, -0.2) is 9.78 Å². The van der Waals surface area contributed by atoms with Gasteiger partial charge in [-0.2, -0.15) is 0 Å². The molecule has 36 heavy (non-hydrogen) atoms.